The van der Waals surface area contributed by atoms with Gasteiger partial charge in [0.1, 0.15) is 0 Å². The maximum atomic E-state index is 9.38. The Morgan fingerprint density at radius 1 is 1.47 bits per heavy atom. The van der Waals surface area contributed by atoms with Crippen LogP contribution in [0.25, 0.3) is 0 Å². The van der Waals surface area contributed by atoms with Crippen molar-refractivity contribution in [3.8, 4) is 0 Å². The highest BCUT2D eigenvalue weighted by atomic mass is 79.9. The third kappa shape index (κ3) is 4.33. The average molecular weight is 272 g/mol. The molecule has 1 atom stereocenters. The van der Waals surface area contributed by atoms with Crippen molar-refractivity contribution in [1.82, 2.24) is 5.32 Å². The van der Waals surface area contributed by atoms with E-state index < -0.39 is 0 Å². The lowest BCUT2D eigenvalue weighted by molar-refractivity contribution is 0.167. The summed E-state index contributed by atoms with van der Waals surface area (Å²) in [5.41, 5.74) is 2.48. The summed E-state index contributed by atoms with van der Waals surface area (Å²) < 4.78 is 1.13. The van der Waals surface area contributed by atoms with Crippen LogP contribution in [-0.2, 0) is 6.54 Å². The van der Waals surface area contributed by atoms with Crippen molar-refractivity contribution in [2.24, 2.45) is 0 Å². The highest BCUT2D eigenvalue weighted by Crippen LogP contribution is 2.17. The summed E-state index contributed by atoms with van der Waals surface area (Å²) in [7, 11) is 0. The Morgan fingerprint density at radius 3 is 2.80 bits per heavy atom. The Morgan fingerprint density at radius 2 is 2.20 bits per heavy atom. The van der Waals surface area contributed by atoms with E-state index >= 15 is 0 Å². The van der Waals surface area contributed by atoms with Gasteiger partial charge >= 0.3 is 0 Å². The Labute approximate surface area is 99.8 Å². The molecule has 1 rings (SSSR count). The molecule has 0 saturated heterocycles. The molecule has 3 heteroatoms. The van der Waals surface area contributed by atoms with Gasteiger partial charge < -0.3 is 10.4 Å². The lowest BCUT2D eigenvalue weighted by Crippen LogP contribution is -2.25. The molecule has 1 aromatic rings. The molecule has 0 aliphatic carbocycles. The first-order valence-corrected chi connectivity index (χ1v) is 6.06. The average Bonchev–Trinajstić information content (AvgIpc) is 2.21. The molecule has 0 bridgehead atoms. The van der Waals surface area contributed by atoms with Gasteiger partial charge in [0, 0.05) is 17.6 Å². The van der Waals surface area contributed by atoms with E-state index in [1.54, 1.807) is 0 Å². The van der Waals surface area contributed by atoms with E-state index in [2.05, 4.69) is 46.4 Å². The number of rotatable bonds is 5. The molecule has 0 aliphatic rings. The van der Waals surface area contributed by atoms with Crippen molar-refractivity contribution >= 4 is 15.9 Å². The van der Waals surface area contributed by atoms with Gasteiger partial charge in [-0.2, -0.15) is 0 Å². The maximum absolute atomic E-state index is 9.38. The molecule has 0 aliphatic heterocycles. The van der Waals surface area contributed by atoms with Crippen LogP contribution in [-0.4, -0.2) is 17.8 Å². The van der Waals surface area contributed by atoms with Crippen LogP contribution in [0.1, 0.15) is 24.5 Å². The van der Waals surface area contributed by atoms with Crippen molar-refractivity contribution in [2.75, 3.05) is 6.54 Å². The second-order valence-corrected chi connectivity index (χ2v) is 4.64. The van der Waals surface area contributed by atoms with Gasteiger partial charge in [-0.25, -0.2) is 0 Å². The lowest BCUT2D eigenvalue weighted by Gasteiger charge is -2.10. The van der Waals surface area contributed by atoms with Crippen LogP contribution in [0, 0.1) is 6.92 Å². The first-order chi connectivity index (χ1) is 7.13. The zero-order chi connectivity index (χ0) is 11.3. The molecule has 84 valence electrons. The van der Waals surface area contributed by atoms with E-state index in [-0.39, 0.29) is 6.10 Å². The highest BCUT2D eigenvalue weighted by molar-refractivity contribution is 9.10. The Balaban J connectivity index is 2.44. The topological polar surface area (TPSA) is 32.3 Å². The van der Waals surface area contributed by atoms with Gasteiger partial charge in [0.05, 0.1) is 6.10 Å². The smallest absolute Gasteiger partial charge is 0.0662 e. The molecule has 2 nitrogen and oxygen atoms in total. The number of nitrogens with one attached hydrogen (secondary N) is 1. The largest absolute Gasteiger partial charge is 0.392 e. The van der Waals surface area contributed by atoms with Crippen LogP contribution in [0.2, 0.25) is 0 Å². The van der Waals surface area contributed by atoms with Crippen LogP contribution in [0.4, 0.5) is 0 Å². The van der Waals surface area contributed by atoms with E-state index in [0.29, 0.717) is 6.54 Å². The second kappa shape index (κ2) is 6.26. The molecular weight excluding hydrogens is 254 g/mol. The maximum Gasteiger partial charge on any atom is 0.0662 e. The van der Waals surface area contributed by atoms with Gasteiger partial charge in [0.25, 0.3) is 0 Å². The summed E-state index contributed by atoms with van der Waals surface area (Å²) in [5.74, 6) is 0. The van der Waals surface area contributed by atoms with E-state index in [0.717, 1.165) is 17.4 Å². The quantitative estimate of drug-likeness (QED) is 0.863. The first-order valence-electron chi connectivity index (χ1n) is 5.27. The van der Waals surface area contributed by atoms with Gasteiger partial charge in [-0.3, -0.25) is 0 Å². The van der Waals surface area contributed by atoms with Gasteiger partial charge in [-0.1, -0.05) is 35.0 Å². The van der Waals surface area contributed by atoms with Crippen LogP contribution < -0.4 is 5.32 Å². The molecule has 0 aromatic heterocycles. The molecule has 15 heavy (non-hydrogen) atoms. The van der Waals surface area contributed by atoms with E-state index in [1.165, 1.54) is 11.1 Å². The summed E-state index contributed by atoms with van der Waals surface area (Å²) in [6.45, 7) is 5.49. The van der Waals surface area contributed by atoms with E-state index in [9.17, 15) is 5.11 Å². The van der Waals surface area contributed by atoms with Crippen molar-refractivity contribution in [2.45, 2.75) is 32.9 Å². The fraction of sp³-hybridized carbons (Fsp3) is 0.500. The zero-order valence-corrected chi connectivity index (χ0v) is 10.8. The Bertz CT molecular complexity index is 314. The predicted octanol–water partition coefficient (Wildman–Crippen LogP) is 2.62. The normalized spacial score (nSPS) is 12.8. The third-order valence-corrected chi connectivity index (χ3v) is 3.11. The minimum atomic E-state index is -0.241. The van der Waals surface area contributed by atoms with Gasteiger partial charge in [-0.15, -0.1) is 0 Å². The number of aliphatic hydroxyl groups is 1. The Kier molecular flexibility index (Phi) is 5.29. The summed E-state index contributed by atoms with van der Waals surface area (Å²) in [5, 5.41) is 12.6. The highest BCUT2D eigenvalue weighted by Gasteiger charge is 2.02. The summed E-state index contributed by atoms with van der Waals surface area (Å²) in [6.07, 6.45) is 0.552. The molecule has 1 unspecified atom stereocenters. The van der Waals surface area contributed by atoms with Gasteiger partial charge in [0.15, 0.2) is 0 Å². The second-order valence-electron chi connectivity index (χ2n) is 3.79. The molecule has 0 fully saturated rings. The van der Waals surface area contributed by atoms with Gasteiger partial charge in [-0.05, 0) is 30.5 Å². The number of benzene rings is 1. The first kappa shape index (κ1) is 12.7. The minimum absolute atomic E-state index is 0.241. The van der Waals surface area contributed by atoms with Crippen LogP contribution in [0.3, 0.4) is 0 Å². The molecule has 0 spiro atoms. The fourth-order valence-corrected chi connectivity index (χ4v) is 1.95. The Hall–Kier alpha value is -0.380. The molecule has 0 saturated carbocycles. The van der Waals surface area contributed by atoms with Crippen LogP contribution in [0.15, 0.2) is 22.7 Å². The lowest BCUT2D eigenvalue weighted by atomic mass is 10.1. The SMILES string of the molecule is CCC(O)CNCc1ccc(C)cc1Br. The predicted molar refractivity (Wildman–Crippen MR) is 66.9 cm³/mol. The summed E-state index contributed by atoms with van der Waals surface area (Å²) in [6, 6.07) is 6.30. The molecule has 0 amide bonds. The van der Waals surface area contributed by atoms with Crippen LogP contribution >= 0.6 is 15.9 Å². The van der Waals surface area contributed by atoms with Crippen molar-refractivity contribution in [3.63, 3.8) is 0 Å². The number of aryl methyl sites for hydroxylation is 1. The number of hydrogen-bond donors (Lipinski definition) is 2. The van der Waals surface area contributed by atoms with Crippen LogP contribution in [0.5, 0.6) is 0 Å². The monoisotopic (exact) mass is 271 g/mol. The summed E-state index contributed by atoms with van der Waals surface area (Å²) >= 11 is 3.53. The fourth-order valence-electron chi connectivity index (χ4n) is 1.31. The third-order valence-electron chi connectivity index (χ3n) is 2.38. The summed E-state index contributed by atoms with van der Waals surface area (Å²) in [4.78, 5) is 0. The van der Waals surface area contributed by atoms with Crippen molar-refractivity contribution in [1.29, 1.82) is 0 Å². The zero-order valence-electron chi connectivity index (χ0n) is 9.26. The number of aliphatic hydroxyl groups excluding tert-OH is 1. The number of hydrogen-bond acceptors (Lipinski definition) is 2. The van der Waals surface area contributed by atoms with E-state index in [1.807, 2.05) is 6.92 Å². The molecule has 2 N–H and O–H groups in total. The number of halogens is 1. The molecular formula is C12H18BrNO. The minimum Gasteiger partial charge on any atom is -0.392 e. The van der Waals surface area contributed by atoms with Gasteiger partial charge in [0.2, 0.25) is 0 Å². The van der Waals surface area contributed by atoms with Crippen molar-refractivity contribution in [3.05, 3.63) is 33.8 Å². The molecule has 1 aromatic carbocycles. The standard InChI is InChI=1S/C12H18BrNO/c1-3-11(15)8-14-7-10-5-4-9(2)6-12(10)13/h4-6,11,14-15H,3,7-8H2,1-2H3. The molecule has 0 radical (unpaired) electrons. The van der Waals surface area contributed by atoms with Crippen molar-refractivity contribution < 1.29 is 5.11 Å². The van der Waals surface area contributed by atoms with E-state index in [4.69, 9.17) is 0 Å². The molecule has 0 heterocycles.